The molecule has 0 aliphatic rings. The molecule has 2 rings (SSSR count). The number of hydrogen-bond donors (Lipinski definition) is 2. The number of halogens is 2. The maximum absolute atomic E-state index is 13.1. The molecule has 0 bridgehead atoms. The third-order valence-corrected chi connectivity index (χ3v) is 3.87. The number of thiazole rings is 1. The Bertz CT molecular complexity index is 544. The Hall–Kier alpha value is -1.01. The number of hydrogen-bond acceptors (Lipinski definition) is 4. The van der Waals surface area contributed by atoms with E-state index < -0.39 is 5.82 Å². The van der Waals surface area contributed by atoms with E-state index in [1.807, 2.05) is 12.3 Å². The summed E-state index contributed by atoms with van der Waals surface area (Å²) in [7, 11) is 0. The molecule has 1 aromatic carbocycles. The highest BCUT2D eigenvalue weighted by Gasteiger charge is 2.14. The molecule has 6 heteroatoms. The molecule has 2 aromatic rings. The summed E-state index contributed by atoms with van der Waals surface area (Å²) in [6.07, 6.45) is 0.650. The normalized spacial score (nSPS) is 12.7. The Morgan fingerprint density at radius 1 is 1.56 bits per heavy atom. The molecule has 3 N–H and O–H groups in total. The van der Waals surface area contributed by atoms with Gasteiger partial charge in [-0.15, -0.1) is 11.3 Å². The van der Waals surface area contributed by atoms with E-state index in [2.05, 4.69) is 10.4 Å². The lowest BCUT2D eigenvalue weighted by Crippen LogP contribution is -2.29. The van der Waals surface area contributed by atoms with Gasteiger partial charge in [0.05, 0.1) is 16.1 Å². The van der Waals surface area contributed by atoms with E-state index in [0.29, 0.717) is 6.42 Å². The van der Waals surface area contributed by atoms with Crippen molar-refractivity contribution >= 4 is 22.9 Å². The largest absolute Gasteiger partial charge is 0.271 e. The minimum absolute atomic E-state index is 0.100. The summed E-state index contributed by atoms with van der Waals surface area (Å²) < 4.78 is 13.1. The van der Waals surface area contributed by atoms with Gasteiger partial charge in [0, 0.05) is 17.5 Å². The van der Waals surface area contributed by atoms with Crippen molar-refractivity contribution in [3.05, 3.63) is 50.7 Å². The standard InChI is InChI=1S/C12H13ClFN3S/c1-7-6-18-12(16-7)5-11(17-15)8-2-3-10(14)9(13)4-8/h2-4,6,11,17H,5,15H2,1H3. The van der Waals surface area contributed by atoms with Gasteiger partial charge in [-0.25, -0.2) is 9.37 Å². The second-order valence-electron chi connectivity index (χ2n) is 3.98. The second kappa shape index (κ2) is 5.75. The molecule has 0 radical (unpaired) electrons. The highest BCUT2D eigenvalue weighted by Crippen LogP contribution is 2.24. The predicted octanol–water partition coefficient (Wildman–Crippen LogP) is 2.99. The van der Waals surface area contributed by atoms with E-state index in [1.54, 1.807) is 23.5 Å². The molecule has 0 aliphatic carbocycles. The van der Waals surface area contributed by atoms with Crippen LogP contribution in [0.1, 0.15) is 22.3 Å². The smallest absolute Gasteiger partial charge is 0.141 e. The first-order chi connectivity index (χ1) is 8.60. The quantitative estimate of drug-likeness (QED) is 0.671. The molecule has 1 heterocycles. The first kappa shape index (κ1) is 13.4. The van der Waals surface area contributed by atoms with Crippen molar-refractivity contribution in [2.24, 2.45) is 5.84 Å². The number of nitrogens with two attached hydrogens (primary N) is 1. The van der Waals surface area contributed by atoms with Gasteiger partial charge in [0.1, 0.15) is 5.82 Å². The lowest BCUT2D eigenvalue weighted by molar-refractivity contribution is 0.548. The maximum Gasteiger partial charge on any atom is 0.141 e. The topological polar surface area (TPSA) is 50.9 Å². The van der Waals surface area contributed by atoms with Crippen LogP contribution in [-0.2, 0) is 6.42 Å². The lowest BCUT2D eigenvalue weighted by Gasteiger charge is -2.15. The number of benzene rings is 1. The average molecular weight is 286 g/mol. The zero-order chi connectivity index (χ0) is 13.1. The third kappa shape index (κ3) is 3.05. The first-order valence-electron chi connectivity index (χ1n) is 5.42. The van der Waals surface area contributed by atoms with Gasteiger partial charge in [-0.1, -0.05) is 17.7 Å². The number of nitrogens with one attached hydrogen (secondary N) is 1. The van der Waals surface area contributed by atoms with Crippen LogP contribution in [0.2, 0.25) is 5.02 Å². The summed E-state index contributed by atoms with van der Waals surface area (Å²) in [6.45, 7) is 1.94. The van der Waals surface area contributed by atoms with Gasteiger partial charge in [-0.2, -0.15) is 0 Å². The van der Waals surface area contributed by atoms with E-state index in [-0.39, 0.29) is 11.1 Å². The van der Waals surface area contributed by atoms with Gasteiger partial charge in [0.15, 0.2) is 0 Å². The molecule has 0 aliphatic heterocycles. The molecule has 0 saturated carbocycles. The van der Waals surface area contributed by atoms with E-state index in [1.165, 1.54) is 6.07 Å². The van der Waals surface area contributed by atoms with Gasteiger partial charge in [0.25, 0.3) is 0 Å². The van der Waals surface area contributed by atoms with Crippen LogP contribution in [0.4, 0.5) is 4.39 Å². The van der Waals surface area contributed by atoms with E-state index in [0.717, 1.165) is 16.3 Å². The maximum atomic E-state index is 13.1. The summed E-state index contributed by atoms with van der Waals surface area (Å²) in [5.74, 6) is 5.11. The average Bonchev–Trinajstić information content (AvgIpc) is 2.75. The van der Waals surface area contributed by atoms with Crippen molar-refractivity contribution in [1.82, 2.24) is 10.4 Å². The summed E-state index contributed by atoms with van der Waals surface area (Å²) in [5, 5.41) is 3.07. The van der Waals surface area contributed by atoms with Gasteiger partial charge < -0.3 is 0 Å². The fraction of sp³-hybridized carbons (Fsp3) is 0.250. The highest BCUT2D eigenvalue weighted by atomic mass is 35.5. The van der Waals surface area contributed by atoms with Crippen LogP contribution < -0.4 is 11.3 Å². The third-order valence-electron chi connectivity index (χ3n) is 2.59. The number of aromatic nitrogens is 1. The van der Waals surface area contributed by atoms with Crippen LogP contribution >= 0.6 is 22.9 Å². The summed E-state index contributed by atoms with van der Waals surface area (Å²) in [4.78, 5) is 4.38. The molecular weight excluding hydrogens is 273 g/mol. The van der Waals surface area contributed by atoms with Crippen molar-refractivity contribution in [3.8, 4) is 0 Å². The predicted molar refractivity (Wildman–Crippen MR) is 72.0 cm³/mol. The molecular formula is C12H13ClFN3S. The Kier molecular flexibility index (Phi) is 4.29. The summed E-state index contributed by atoms with van der Waals surface area (Å²) in [6, 6.07) is 4.47. The Morgan fingerprint density at radius 3 is 2.89 bits per heavy atom. The molecule has 1 unspecified atom stereocenters. The Labute approximate surface area is 114 Å². The van der Waals surface area contributed by atoms with E-state index in [9.17, 15) is 4.39 Å². The van der Waals surface area contributed by atoms with Crippen molar-refractivity contribution < 1.29 is 4.39 Å². The summed E-state index contributed by atoms with van der Waals surface area (Å²) >= 11 is 7.35. The molecule has 18 heavy (non-hydrogen) atoms. The number of rotatable bonds is 4. The van der Waals surface area contributed by atoms with Crippen LogP contribution in [0, 0.1) is 12.7 Å². The van der Waals surface area contributed by atoms with Crippen molar-refractivity contribution in [2.45, 2.75) is 19.4 Å². The fourth-order valence-electron chi connectivity index (χ4n) is 1.67. The van der Waals surface area contributed by atoms with Crippen LogP contribution in [0.15, 0.2) is 23.6 Å². The minimum atomic E-state index is -0.429. The summed E-state index contributed by atoms with van der Waals surface area (Å²) in [5.41, 5.74) is 4.54. The van der Waals surface area contributed by atoms with E-state index >= 15 is 0 Å². The fourth-order valence-corrected chi connectivity index (χ4v) is 2.68. The van der Waals surface area contributed by atoms with Crippen molar-refractivity contribution in [3.63, 3.8) is 0 Å². The molecule has 1 aromatic heterocycles. The molecule has 0 amide bonds. The van der Waals surface area contributed by atoms with E-state index in [4.69, 9.17) is 17.4 Å². The van der Waals surface area contributed by atoms with Crippen LogP contribution in [0.5, 0.6) is 0 Å². The van der Waals surface area contributed by atoms with Crippen molar-refractivity contribution in [1.29, 1.82) is 0 Å². The van der Waals surface area contributed by atoms with Crippen molar-refractivity contribution in [2.75, 3.05) is 0 Å². The molecule has 96 valence electrons. The first-order valence-corrected chi connectivity index (χ1v) is 6.68. The van der Waals surface area contributed by atoms with Crippen LogP contribution in [0.3, 0.4) is 0 Å². The molecule has 1 atom stereocenters. The Morgan fingerprint density at radius 2 is 2.33 bits per heavy atom. The lowest BCUT2D eigenvalue weighted by atomic mass is 10.0. The van der Waals surface area contributed by atoms with Gasteiger partial charge >= 0.3 is 0 Å². The van der Waals surface area contributed by atoms with Crippen LogP contribution in [0.25, 0.3) is 0 Å². The van der Waals surface area contributed by atoms with Gasteiger partial charge in [-0.3, -0.25) is 11.3 Å². The molecule has 0 fully saturated rings. The molecule has 0 spiro atoms. The highest BCUT2D eigenvalue weighted by molar-refractivity contribution is 7.09. The minimum Gasteiger partial charge on any atom is -0.271 e. The molecule has 3 nitrogen and oxygen atoms in total. The van der Waals surface area contributed by atoms with Crippen LogP contribution in [-0.4, -0.2) is 4.98 Å². The van der Waals surface area contributed by atoms with Gasteiger partial charge in [0.2, 0.25) is 0 Å². The van der Waals surface area contributed by atoms with Gasteiger partial charge in [-0.05, 0) is 24.6 Å². The Balaban J connectivity index is 2.19. The zero-order valence-electron chi connectivity index (χ0n) is 9.78. The number of aryl methyl sites for hydroxylation is 1. The number of nitrogens with zero attached hydrogens (tertiary/aromatic N) is 1. The monoisotopic (exact) mass is 285 g/mol. The number of hydrazine groups is 1. The molecule has 0 saturated heterocycles. The zero-order valence-corrected chi connectivity index (χ0v) is 11.4. The second-order valence-corrected chi connectivity index (χ2v) is 5.33. The SMILES string of the molecule is Cc1csc(CC(NN)c2ccc(F)c(Cl)c2)n1.